The van der Waals surface area contributed by atoms with Gasteiger partial charge in [-0.25, -0.2) is 4.98 Å². The van der Waals surface area contributed by atoms with Gasteiger partial charge in [0.05, 0.1) is 6.61 Å². The van der Waals surface area contributed by atoms with E-state index < -0.39 is 15.3 Å². The van der Waals surface area contributed by atoms with E-state index in [0.717, 1.165) is 5.56 Å². The topological polar surface area (TPSA) is 53.7 Å². The van der Waals surface area contributed by atoms with Crippen molar-refractivity contribution in [1.29, 1.82) is 0 Å². The lowest BCUT2D eigenvalue weighted by atomic mass is 9.87. The number of hydrogen-bond donors (Lipinski definition) is 0. The molecule has 0 bridgehead atoms. The largest absolute Gasteiger partial charge is 0.438 e. The second kappa shape index (κ2) is 11.1. The molecule has 0 aliphatic heterocycles. The van der Waals surface area contributed by atoms with Crippen molar-refractivity contribution in [3.63, 3.8) is 0 Å². The molecule has 4 aromatic rings. The first-order chi connectivity index (χ1) is 16.9. The predicted octanol–water partition coefficient (Wildman–Crippen LogP) is 4.99. The molecule has 5 nitrogen and oxygen atoms in total. The molecule has 3 aromatic carbocycles. The maximum atomic E-state index is 6.69. The summed E-state index contributed by atoms with van der Waals surface area (Å²) in [4.78, 5) is 4.71. The monoisotopic (exact) mass is 487 g/mol. The quantitative estimate of drug-likeness (QED) is 0.246. The van der Waals surface area contributed by atoms with Crippen LogP contribution in [0.3, 0.4) is 0 Å². The Morgan fingerprint density at radius 1 is 0.829 bits per heavy atom. The average Bonchev–Trinajstić information content (AvgIpc) is 3.30. The van der Waals surface area contributed by atoms with Crippen LogP contribution < -0.4 is 10.4 Å². The minimum Gasteiger partial charge on any atom is -0.438 e. The summed E-state index contributed by atoms with van der Waals surface area (Å²) < 4.78 is 23.9. The summed E-state index contributed by atoms with van der Waals surface area (Å²) in [5.41, 5.74) is 2.83. The molecule has 35 heavy (non-hydrogen) atoms. The number of benzene rings is 3. The van der Waals surface area contributed by atoms with Gasteiger partial charge in [0.15, 0.2) is 5.76 Å². The molecule has 0 fully saturated rings. The van der Waals surface area contributed by atoms with Gasteiger partial charge in [-0.1, -0.05) is 93.6 Å². The lowest BCUT2D eigenvalue weighted by Crippen LogP contribution is -2.45. The van der Waals surface area contributed by atoms with Gasteiger partial charge in [0.25, 0.3) is 0 Å². The van der Waals surface area contributed by atoms with E-state index >= 15 is 0 Å². The lowest BCUT2D eigenvalue weighted by Gasteiger charge is -2.23. The van der Waals surface area contributed by atoms with Gasteiger partial charge in [-0.2, -0.15) is 0 Å². The van der Waals surface area contributed by atoms with E-state index in [-0.39, 0.29) is 12.0 Å². The normalized spacial score (nSPS) is 12.7. The van der Waals surface area contributed by atoms with Gasteiger partial charge in [0, 0.05) is 19.8 Å². The molecule has 6 heteroatoms. The molecular formula is C29H33NO4Si. The van der Waals surface area contributed by atoms with Crippen molar-refractivity contribution in [2.45, 2.75) is 39.1 Å². The molecule has 0 N–H and O–H groups in total. The van der Waals surface area contributed by atoms with Gasteiger partial charge in [-0.3, -0.25) is 0 Å². The van der Waals surface area contributed by atoms with Gasteiger partial charge in [0.1, 0.15) is 5.69 Å². The maximum absolute atomic E-state index is 6.69. The first-order valence-corrected chi connectivity index (χ1v) is 13.4. The van der Waals surface area contributed by atoms with Crippen LogP contribution in [0.25, 0.3) is 11.5 Å². The number of hydrogen-bond acceptors (Lipinski definition) is 5. The lowest BCUT2D eigenvalue weighted by molar-refractivity contribution is -0.109. The zero-order chi connectivity index (χ0) is 24.8. The van der Waals surface area contributed by atoms with E-state index in [0.29, 0.717) is 17.3 Å². The second-order valence-corrected chi connectivity index (χ2v) is 11.9. The van der Waals surface area contributed by atoms with Crippen molar-refractivity contribution < 1.29 is 18.3 Å². The zero-order valence-electron chi connectivity index (χ0n) is 21.0. The molecule has 0 spiro atoms. The number of ether oxygens (including phenoxy) is 2. The molecule has 4 rings (SSSR count). The highest BCUT2D eigenvalue weighted by Crippen LogP contribution is 2.28. The van der Waals surface area contributed by atoms with Gasteiger partial charge in [-0.15, -0.1) is 0 Å². The van der Waals surface area contributed by atoms with E-state index in [1.165, 1.54) is 15.9 Å². The molecule has 0 aliphatic rings. The Kier molecular flexibility index (Phi) is 7.98. The van der Waals surface area contributed by atoms with Gasteiger partial charge in [0.2, 0.25) is 21.2 Å². The smallest absolute Gasteiger partial charge is 0.240 e. The van der Waals surface area contributed by atoms with Crippen molar-refractivity contribution in [1.82, 2.24) is 4.98 Å². The van der Waals surface area contributed by atoms with Crippen LogP contribution in [0.15, 0.2) is 89.3 Å². The van der Waals surface area contributed by atoms with Crippen LogP contribution in [0.5, 0.6) is 0 Å². The van der Waals surface area contributed by atoms with Gasteiger partial charge < -0.3 is 18.3 Å². The maximum Gasteiger partial charge on any atom is 0.240 e. The number of methoxy groups -OCH3 is 2. The Labute approximate surface area is 209 Å². The molecule has 0 saturated heterocycles. The summed E-state index contributed by atoms with van der Waals surface area (Å²) in [6.45, 7) is 6.96. The van der Waals surface area contributed by atoms with Crippen LogP contribution in [0.1, 0.15) is 44.1 Å². The average molecular weight is 488 g/mol. The molecule has 1 aromatic heterocycles. The van der Waals surface area contributed by atoms with Crippen LogP contribution >= 0.6 is 0 Å². The van der Waals surface area contributed by atoms with Crippen LogP contribution in [0, 0.1) is 0 Å². The standard InChI is InChI=1S/C29H33NO4Si/c1-29(2,3)22-15-12-18-24(19-22)35(23-16-10-7-11-17-23)33-20-25-26(28(31-4)32-5)30-27(34-25)21-13-8-6-9-14-21/h6-19,28,35H,20H2,1-5H3. The zero-order valence-corrected chi connectivity index (χ0v) is 22.2. The highest BCUT2D eigenvalue weighted by molar-refractivity contribution is 6.80. The number of oxazole rings is 1. The molecule has 182 valence electrons. The highest BCUT2D eigenvalue weighted by atomic mass is 28.3. The summed E-state index contributed by atoms with van der Waals surface area (Å²) in [5, 5.41) is 2.43. The molecule has 1 heterocycles. The number of nitrogens with zero attached hydrogens (tertiary/aromatic N) is 1. The van der Waals surface area contributed by atoms with Gasteiger partial charge >= 0.3 is 0 Å². The van der Waals surface area contributed by atoms with Crippen molar-refractivity contribution in [2.24, 2.45) is 0 Å². The van der Waals surface area contributed by atoms with Gasteiger partial charge in [-0.05, 0) is 33.5 Å². The fourth-order valence-electron chi connectivity index (χ4n) is 4.01. The highest BCUT2D eigenvalue weighted by Gasteiger charge is 2.26. The Morgan fingerprint density at radius 2 is 1.46 bits per heavy atom. The van der Waals surface area contributed by atoms with E-state index in [2.05, 4.69) is 69.3 Å². The van der Waals surface area contributed by atoms with E-state index in [1.54, 1.807) is 14.2 Å². The first kappa shape index (κ1) is 25.1. The summed E-state index contributed by atoms with van der Waals surface area (Å²) >= 11 is 0. The third kappa shape index (κ3) is 5.97. The van der Waals surface area contributed by atoms with Crippen molar-refractivity contribution in [2.75, 3.05) is 14.2 Å². The van der Waals surface area contributed by atoms with Crippen molar-refractivity contribution in [3.8, 4) is 11.5 Å². The minimum atomic E-state index is -2.02. The van der Waals surface area contributed by atoms with Crippen LogP contribution in [-0.4, -0.2) is 28.2 Å². The summed E-state index contributed by atoms with van der Waals surface area (Å²) in [6.07, 6.45) is -0.643. The van der Waals surface area contributed by atoms with Crippen LogP contribution in [-0.2, 0) is 25.9 Å². The molecule has 1 unspecified atom stereocenters. The van der Waals surface area contributed by atoms with Crippen molar-refractivity contribution >= 4 is 19.4 Å². The fourth-order valence-corrected chi connectivity index (χ4v) is 6.29. The Morgan fingerprint density at radius 3 is 2.09 bits per heavy atom. The number of rotatable bonds is 9. The molecule has 0 aliphatic carbocycles. The van der Waals surface area contributed by atoms with E-state index in [4.69, 9.17) is 23.3 Å². The summed E-state index contributed by atoms with van der Waals surface area (Å²) in [6, 6.07) is 29.0. The fraction of sp³-hybridized carbons (Fsp3) is 0.276. The molecule has 0 radical (unpaired) electrons. The first-order valence-electron chi connectivity index (χ1n) is 11.8. The second-order valence-electron chi connectivity index (χ2n) is 9.47. The van der Waals surface area contributed by atoms with E-state index in [9.17, 15) is 0 Å². The molecule has 1 atom stereocenters. The predicted molar refractivity (Wildman–Crippen MR) is 141 cm³/mol. The summed E-state index contributed by atoms with van der Waals surface area (Å²) in [5.74, 6) is 1.13. The number of aromatic nitrogens is 1. The SMILES string of the molecule is COC(OC)c1nc(-c2ccccc2)oc1CO[SiH](c1ccccc1)c1cccc(C(C)(C)C)c1. The molecule has 0 amide bonds. The minimum absolute atomic E-state index is 0.0541. The van der Waals surface area contributed by atoms with E-state index in [1.807, 2.05) is 36.4 Å². The molecular weight excluding hydrogens is 454 g/mol. The Balaban J connectivity index is 1.69. The third-order valence-electron chi connectivity index (χ3n) is 5.94. The Bertz CT molecular complexity index is 1210. The van der Waals surface area contributed by atoms with Crippen molar-refractivity contribution in [3.05, 3.63) is 102 Å². The van der Waals surface area contributed by atoms with Crippen LogP contribution in [0.4, 0.5) is 0 Å². The third-order valence-corrected chi connectivity index (χ3v) is 8.39. The molecule has 0 saturated carbocycles. The Hall–Kier alpha value is -3.03. The summed E-state index contributed by atoms with van der Waals surface area (Å²) in [7, 11) is 1.16. The van der Waals surface area contributed by atoms with Crippen LogP contribution in [0.2, 0.25) is 0 Å².